The normalized spacial score (nSPS) is 21.6. The van der Waals surface area contributed by atoms with E-state index in [0.29, 0.717) is 24.3 Å². The van der Waals surface area contributed by atoms with Gasteiger partial charge in [0.15, 0.2) is 9.84 Å². The molecule has 4 heteroatoms. The van der Waals surface area contributed by atoms with Crippen molar-refractivity contribution in [2.24, 2.45) is 5.92 Å². The first kappa shape index (κ1) is 15.0. The summed E-state index contributed by atoms with van der Waals surface area (Å²) in [4.78, 5) is 0. The standard InChI is InChI=1S/C13H27NO2S/c1-4-11(2)14-9-12(3)17(15,16)10-13-7-5-6-8-13/h11-14H,4-10H2,1-3H3. The van der Waals surface area contributed by atoms with Crippen molar-refractivity contribution in [1.29, 1.82) is 0 Å². The SMILES string of the molecule is CCC(C)NCC(C)S(=O)(=O)CC1CCCC1. The van der Waals surface area contributed by atoms with Crippen LogP contribution in [-0.2, 0) is 9.84 Å². The summed E-state index contributed by atoms with van der Waals surface area (Å²) in [6.07, 6.45) is 5.66. The van der Waals surface area contributed by atoms with E-state index in [1.54, 1.807) is 0 Å². The van der Waals surface area contributed by atoms with Crippen LogP contribution in [0.2, 0.25) is 0 Å². The van der Waals surface area contributed by atoms with Crippen LogP contribution in [0.5, 0.6) is 0 Å². The maximum atomic E-state index is 12.1. The Bertz CT molecular complexity index is 307. The van der Waals surface area contributed by atoms with Crippen LogP contribution in [0, 0.1) is 5.92 Å². The maximum Gasteiger partial charge on any atom is 0.154 e. The van der Waals surface area contributed by atoms with E-state index < -0.39 is 9.84 Å². The number of rotatable bonds is 7. The predicted octanol–water partition coefficient (Wildman–Crippen LogP) is 2.37. The molecule has 0 aromatic carbocycles. The Hall–Kier alpha value is -0.0900. The Labute approximate surface area is 106 Å². The average molecular weight is 261 g/mol. The van der Waals surface area contributed by atoms with E-state index >= 15 is 0 Å². The van der Waals surface area contributed by atoms with Gasteiger partial charge < -0.3 is 5.32 Å². The first-order valence-corrected chi connectivity index (χ1v) is 8.62. The summed E-state index contributed by atoms with van der Waals surface area (Å²) in [5.74, 6) is 0.821. The molecule has 0 heterocycles. The van der Waals surface area contributed by atoms with E-state index in [4.69, 9.17) is 0 Å². The minimum Gasteiger partial charge on any atom is -0.313 e. The lowest BCUT2D eigenvalue weighted by molar-refractivity contribution is 0.512. The van der Waals surface area contributed by atoms with Gasteiger partial charge in [-0.25, -0.2) is 8.42 Å². The largest absolute Gasteiger partial charge is 0.313 e. The Kier molecular flexibility index (Phi) is 5.93. The summed E-state index contributed by atoms with van der Waals surface area (Å²) in [6, 6.07) is 0.402. The Morgan fingerprint density at radius 1 is 1.24 bits per heavy atom. The molecular weight excluding hydrogens is 234 g/mol. The molecule has 1 fully saturated rings. The maximum absolute atomic E-state index is 12.1. The molecule has 0 aliphatic heterocycles. The fourth-order valence-electron chi connectivity index (χ4n) is 2.31. The molecule has 2 unspecified atom stereocenters. The Morgan fingerprint density at radius 3 is 2.35 bits per heavy atom. The molecule has 0 aromatic heterocycles. The van der Waals surface area contributed by atoms with Crippen molar-refractivity contribution in [2.45, 2.75) is 64.2 Å². The van der Waals surface area contributed by atoms with Crippen molar-refractivity contribution >= 4 is 9.84 Å². The lowest BCUT2D eigenvalue weighted by Crippen LogP contribution is -2.37. The summed E-state index contributed by atoms with van der Waals surface area (Å²) in [6.45, 7) is 6.62. The van der Waals surface area contributed by atoms with Gasteiger partial charge in [-0.3, -0.25) is 0 Å². The molecular formula is C13H27NO2S. The van der Waals surface area contributed by atoms with Gasteiger partial charge in [0.25, 0.3) is 0 Å². The van der Waals surface area contributed by atoms with Crippen LogP contribution in [0.4, 0.5) is 0 Å². The third-order valence-corrected chi connectivity index (χ3v) is 6.25. The zero-order valence-corrected chi connectivity index (χ0v) is 12.2. The minimum atomic E-state index is -2.91. The van der Waals surface area contributed by atoms with Crippen molar-refractivity contribution < 1.29 is 8.42 Å². The topological polar surface area (TPSA) is 46.2 Å². The number of nitrogens with one attached hydrogen (secondary N) is 1. The van der Waals surface area contributed by atoms with E-state index in [0.717, 1.165) is 19.3 Å². The summed E-state index contributed by atoms with van der Waals surface area (Å²) in [5, 5.41) is 3.03. The summed E-state index contributed by atoms with van der Waals surface area (Å²) in [5.41, 5.74) is 0. The molecule has 1 saturated carbocycles. The van der Waals surface area contributed by atoms with E-state index in [2.05, 4.69) is 19.2 Å². The molecule has 1 aliphatic rings. The molecule has 3 nitrogen and oxygen atoms in total. The number of sulfone groups is 1. The smallest absolute Gasteiger partial charge is 0.154 e. The van der Waals surface area contributed by atoms with Gasteiger partial charge in [-0.2, -0.15) is 0 Å². The van der Waals surface area contributed by atoms with Crippen LogP contribution < -0.4 is 5.32 Å². The minimum absolute atomic E-state index is 0.253. The molecule has 17 heavy (non-hydrogen) atoms. The number of hydrogen-bond acceptors (Lipinski definition) is 3. The van der Waals surface area contributed by atoms with Crippen molar-refractivity contribution in [3.05, 3.63) is 0 Å². The highest BCUT2D eigenvalue weighted by Crippen LogP contribution is 2.26. The Balaban J connectivity index is 2.39. The van der Waals surface area contributed by atoms with E-state index in [1.165, 1.54) is 12.8 Å². The second-order valence-corrected chi connectivity index (χ2v) is 7.97. The summed E-state index contributed by atoms with van der Waals surface area (Å²) >= 11 is 0. The number of hydrogen-bond donors (Lipinski definition) is 1. The lowest BCUT2D eigenvalue weighted by atomic mass is 10.1. The highest BCUT2D eigenvalue weighted by atomic mass is 32.2. The third-order valence-electron chi connectivity index (χ3n) is 3.92. The molecule has 1 rings (SSSR count). The molecule has 0 amide bonds. The van der Waals surface area contributed by atoms with Gasteiger partial charge >= 0.3 is 0 Å². The summed E-state index contributed by atoms with van der Waals surface area (Å²) in [7, 11) is -2.91. The van der Waals surface area contributed by atoms with Gasteiger partial charge in [0.1, 0.15) is 0 Å². The highest BCUT2D eigenvalue weighted by Gasteiger charge is 2.27. The molecule has 0 radical (unpaired) electrons. The Morgan fingerprint density at radius 2 is 1.82 bits per heavy atom. The van der Waals surface area contributed by atoms with Gasteiger partial charge in [0, 0.05) is 12.6 Å². The van der Waals surface area contributed by atoms with Crippen LogP contribution in [0.25, 0.3) is 0 Å². The van der Waals surface area contributed by atoms with Crippen LogP contribution in [0.15, 0.2) is 0 Å². The third kappa shape index (κ3) is 4.96. The zero-order chi connectivity index (χ0) is 12.9. The van der Waals surface area contributed by atoms with E-state index in [9.17, 15) is 8.42 Å². The van der Waals surface area contributed by atoms with Crippen molar-refractivity contribution in [3.8, 4) is 0 Å². The second-order valence-electron chi connectivity index (χ2n) is 5.51. The van der Waals surface area contributed by atoms with Gasteiger partial charge in [0.05, 0.1) is 11.0 Å². The van der Waals surface area contributed by atoms with Crippen LogP contribution >= 0.6 is 0 Å². The van der Waals surface area contributed by atoms with Gasteiger partial charge in [-0.05, 0) is 39.0 Å². The molecule has 2 atom stereocenters. The van der Waals surface area contributed by atoms with E-state index in [1.807, 2.05) is 6.92 Å². The zero-order valence-electron chi connectivity index (χ0n) is 11.4. The monoisotopic (exact) mass is 261 g/mol. The van der Waals surface area contributed by atoms with Gasteiger partial charge in [0.2, 0.25) is 0 Å². The van der Waals surface area contributed by atoms with E-state index in [-0.39, 0.29) is 5.25 Å². The van der Waals surface area contributed by atoms with Crippen LogP contribution in [0.1, 0.15) is 52.9 Å². The fraction of sp³-hybridized carbons (Fsp3) is 1.00. The fourth-order valence-corrected chi connectivity index (χ4v) is 3.98. The van der Waals surface area contributed by atoms with Crippen LogP contribution in [0.3, 0.4) is 0 Å². The van der Waals surface area contributed by atoms with Crippen molar-refractivity contribution in [3.63, 3.8) is 0 Å². The molecule has 1 aliphatic carbocycles. The quantitative estimate of drug-likeness (QED) is 0.765. The molecule has 102 valence electrons. The van der Waals surface area contributed by atoms with Gasteiger partial charge in [-0.1, -0.05) is 19.8 Å². The highest BCUT2D eigenvalue weighted by molar-refractivity contribution is 7.92. The predicted molar refractivity (Wildman–Crippen MR) is 73.0 cm³/mol. The molecule has 0 spiro atoms. The average Bonchev–Trinajstić information content (AvgIpc) is 2.77. The second kappa shape index (κ2) is 6.74. The van der Waals surface area contributed by atoms with Crippen molar-refractivity contribution in [1.82, 2.24) is 5.32 Å². The molecule has 1 N–H and O–H groups in total. The first-order chi connectivity index (χ1) is 7.95. The van der Waals surface area contributed by atoms with Crippen molar-refractivity contribution in [2.75, 3.05) is 12.3 Å². The lowest BCUT2D eigenvalue weighted by Gasteiger charge is -2.19. The summed E-state index contributed by atoms with van der Waals surface area (Å²) < 4.78 is 24.3. The van der Waals surface area contributed by atoms with Crippen LogP contribution in [-0.4, -0.2) is 32.0 Å². The first-order valence-electron chi connectivity index (χ1n) is 6.90. The molecule has 0 saturated heterocycles. The molecule has 0 bridgehead atoms. The van der Waals surface area contributed by atoms with Gasteiger partial charge in [-0.15, -0.1) is 0 Å². The molecule has 0 aromatic rings.